The summed E-state index contributed by atoms with van der Waals surface area (Å²) in [6.07, 6.45) is 0.392. The quantitative estimate of drug-likeness (QED) is 0.923. The second kappa shape index (κ2) is 6.05. The third-order valence-corrected chi connectivity index (χ3v) is 6.53. The van der Waals surface area contributed by atoms with Gasteiger partial charge in [0.05, 0.1) is 23.1 Å². The molecule has 1 amide bonds. The van der Waals surface area contributed by atoms with E-state index in [1.807, 2.05) is 25.3 Å². The Morgan fingerprint density at radius 3 is 2.83 bits per heavy atom. The van der Waals surface area contributed by atoms with Crippen LogP contribution in [0.5, 0.6) is 0 Å². The minimum absolute atomic E-state index is 0.0615. The zero-order valence-electron chi connectivity index (χ0n) is 13.0. The van der Waals surface area contributed by atoms with Crippen molar-refractivity contribution in [1.29, 1.82) is 0 Å². The van der Waals surface area contributed by atoms with Gasteiger partial charge in [0.2, 0.25) is 5.91 Å². The standard InChI is InChI=1S/C16H18N2O3S2/c1-10-3-4-11(2)13(7-10)14-8-22-16(17-14)18-15(19)12-5-6-23(20,21)9-12/h3-4,7-8,12H,5-6,9H2,1-2H3,(H,17,18,19)/t12-/m1/s1. The highest BCUT2D eigenvalue weighted by atomic mass is 32.2. The second-order valence-electron chi connectivity index (χ2n) is 5.95. The first kappa shape index (κ1) is 16.1. The molecule has 23 heavy (non-hydrogen) atoms. The van der Waals surface area contributed by atoms with Crippen LogP contribution in [0.4, 0.5) is 5.13 Å². The monoisotopic (exact) mass is 350 g/mol. The molecule has 0 saturated carbocycles. The Labute approximate surface area is 139 Å². The minimum Gasteiger partial charge on any atom is -0.302 e. The number of carbonyl (C=O) groups is 1. The Morgan fingerprint density at radius 1 is 1.35 bits per heavy atom. The third-order valence-electron chi connectivity index (χ3n) is 4.01. The predicted molar refractivity (Wildman–Crippen MR) is 92.4 cm³/mol. The molecule has 5 nitrogen and oxygen atoms in total. The number of anilines is 1. The lowest BCUT2D eigenvalue weighted by molar-refractivity contribution is -0.119. The Morgan fingerprint density at radius 2 is 2.13 bits per heavy atom. The number of amides is 1. The maximum absolute atomic E-state index is 12.2. The van der Waals surface area contributed by atoms with Crippen LogP contribution in [-0.4, -0.2) is 30.8 Å². The van der Waals surface area contributed by atoms with E-state index in [4.69, 9.17) is 0 Å². The molecule has 0 unspecified atom stereocenters. The van der Waals surface area contributed by atoms with Crippen molar-refractivity contribution in [3.63, 3.8) is 0 Å². The number of thiazole rings is 1. The summed E-state index contributed by atoms with van der Waals surface area (Å²) in [5.41, 5.74) is 4.15. The van der Waals surface area contributed by atoms with E-state index in [2.05, 4.69) is 22.4 Å². The highest BCUT2D eigenvalue weighted by molar-refractivity contribution is 7.91. The van der Waals surface area contributed by atoms with Gasteiger partial charge in [-0.3, -0.25) is 4.79 Å². The average Bonchev–Trinajstić information content (AvgIpc) is 3.08. The summed E-state index contributed by atoms with van der Waals surface area (Å²) in [5.74, 6) is -0.689. The van der Waals surface area contributed by atoms with Gasteiger partial charge in [-0.15, -0.1) is 11.3 Å². The van der Waals surface area contributed by atoms with E-state index < -0.39 is 15.8 Å². The number of rotatable bonds is 3. The molecule has 1 aromatic carbocycles. The molecule has 122 valence electrons. The van der Waals surface area contributed by atoms with Crippen LogP contribution in [0.25, 0.3) is 11.3 Å². The molecule has 1 fully saturated rings. The van der Waals surface area contributed by atoms with Gasteiger partial charge in [-0.25, -0.2) is 13.4 Å². The summed E-state index contributed by atoms with van der Waals surface area (Å²) in [6.45, 7) is 4.05. The number of hydrogen-bond donors (Lipinski definition) is 1. The molecular weight excluding hydrogens is 332 g/mol. The van der Waals surface area contributed by atoms with Gasteiger partial charge >= 0.3 is 0 Å². The van der Waals surface area contributed by atoms with E-state index in [0.29, 0.717) is 11.6 Å². The first-order chi connectivity index (χ1) is 10.8. The largest absolute Gasteiger partial charge is 0.302 e. The first-order valence-electron chi connectivity index (χ1n) is 7.38. The topological polar surface area (TPSA) is 76.1 Å². The van der Waals surface area contributed by atoms with E-state index in [9.17, 15) is 13.2 Å². The van der Waals surface area contributed by atoms with E-state index in [1.165, 1.54) is 11.3 Å². The maximum atomic E-state index is 12.2. The third kappa shape index (κ3) is 3.61. The van der Waals surface area contributed by atoms with Gasteiger partial charge in [0.15, 0.2) is 15.0 Å². The van der Waals surface area contributed by atoms with Crippen molar-refractivity contribution in [3.05, 3.63) is 34.7 Å². The Hall–Kier alpha value is -1.73. The number of benzene rings is 1. The number of carbonyl (C=O) groups excluding carboxylic acids is 1. The molecule has 1 saturated heterocycles. The molecule has 1 aliphatic rings. The molecule has 2 heterocycles. The van der Waals surface area contributed by atoms with Crippen molar-refractivity contribution in [3.8, 4) is 11.3 Å². The molecule has 1 aliphatic heterocycles. The smallest absolute Gasteiger partial charge is 0.230 e. The van der Waals surface area contributed by atoms with Gasteiger partial charge in [0.25, 0.3) is 0 Å². The molecule has 2 aromatic rings. The number of hydrogen-bond acceptors (Lipinski definition) is 5. The molecule has 3 rings (SSSR count). The van der Waals surface area contributed by atoms with Gasteiger partial charge < -0.3 is 5.32 Å². The zero-order chi connectivity index (χ0) is 16.6. The zero-order valence-corrected chi connectivity index (χ0v) is 14.6. The summed E-state index contributed by atoms with van der Waals surface area (Å²) in [4.78, 5) is 16.6. The van der Waals surface area contributed by atoms with E-state index >= 15 is 0 Å². The fourth-order valence-electron chi connectivity index (χ4n) is 2.68. The summed E-state index contributed by atoms with van der Waals surface area (Å²) in [7, 11) is -3.06. The van der Waals surface area contributed by atoms with Crippen LogP contribution < -0.4 is 5.32 Å². The molecule has 1 aromatic heterocycles. The number of aromatic nitrogens is 1. The van der Waals surface area contributed by atoms with Crippen molar-refractivity contribution in [2.24, 2.45) is 5.92 Å². The Balaban J connectivity index is 1.75. The van der Waals surface area contributed by atoms with Crippen LogP contribution in [0.3, 0.4) is 0 Å². The van der Waals surface area contributed by atoms with E-state index in [-0.39, 0.29) is 17.4 Å². The minimum atomic E-state index is -3.06. The molecule has 0 spiro atoms. The summed E-state index contributed by atoms with van der Waals surface area (Å²) < 4.78 is 22.9. The van der Waals surface area contributed by atoms with Crippen LogP contribution >= 0.6 is 11.3 Å². The van der Waals surface area contributed by atoms with Gasteiger partial charge in [-0.05, 0) is 31.9 Å². The Bertz CT molecular complexity index is 856. The average molecular weight is 350 g/mol. The molecule has 1 N–H and O–H groups in total. The van der Waals surface area contributed by atoms with Crippen LogP contribution in [0.15, 0.2) is 23.6 Å². The molecule has 0 bridgehead atoms. The first-order valence-corrected chi connectivity index (χ1v) is 10.1. The normalized spacial score (nSPS) is 19.7. The number of sulfone groups is 1. The highest BCUT2D eigenvalue weighted by Gasteiger charge is 2.33. The van der Waals surface area contributed by atoms with E-state index in [1.54, 1.807) is 0 Å². The van der Waals surface area contributed by atoms with E-state index in [0.717, 1.165) is 22.4 Å². The lowest BCUT2D eigenvalue weighted by atomic mass is 10.0. The van der Waals surface area contributed by atoms with Gasteiger partial charge in [-0.1, -0.05) is 17.7 Å². The van der Waals surface area contributed by atoms with Gasteiger partial charge in [0, 0.05) is 10.9 Å². The lowest BCUT2D eigenvalue weighted by Gasteiger charge is -2.07. The van der Waals surface area contributed by atoms with Crippen LogP contribution in [0, 0.1) is 19.8 Å². The number of aryl methyl sites for hydroxylation is 2. The highest BCUT2D eigenvalue weighted by Crippen LogP contribution is 2.29. The van der Waals surface area contributed by atoms with Crippen molar-refractivity contribution in [2.75, 3.05) is 16.8 Å². The van der Waals surface area contributed by atoms with Crippen LogP contribution in [-0.2, 0) is 14.6 Å². The summed E-state index contributed by atoms with van der Waals surface area (Å²) >= 11 is 1.35. The van der Waals surface area contributed by atoms with Crippen LogP contribution in [0.1, 0.15) is 17.5 Å². The Kier molecular flexibility index (Phi) is 4.25. The summed E-state index contributed by atoms with van der Waals surface area (Å²) in [5, 5.41) is 5.16. The molecule has 0 aliphatic carbocycles. The van der Waals surface area contributed by atoms with Crippen molar-refractivity contribution >= 4 is 32.2 Å². The SMILES string of the molecule is Cc1ccc(C)c(-c2csc(NC(=O)[C@@H]3CCS(=O)(=O)C3)n2)c1. The predicted octanol–water partition coefficient (Wildman–Crippen LogP) is 2.80. The lowest BCUT2D eigenvalue weighted by Crippen LogP contribution is -2.23. The summed E-state index contributed by atoms with van der Waals surface area (Å²) in [6, 6.07) is 6.17. The van der Waals surface area contributed by atoms with Crippen LogP contribution in [0.2, 0.25) is 0 Å². The fourth-order valence-corrected chi connectivity index (χ4v) is 5.13. The molecule has 0 radical (unpaired) electrons. The van der Waals surface area contributed by atoms with Crippen molar-refractivity contribution in [2.45, 2.75) is 20.3 Å². The number of nitrogens with one attached hydrogen (secondary N) is 1. The fraction of sp³-hybridized carbons (Fsp3) is 0.375. The van der Waals surface area contributed by atoms with Gasteiger partial charge in [0.1, 0.15) is 0 Å². The molecular formula is C16H18N2O3S2. The van der Waals surface area contributed by atoms with Gasteiger partial charge in [-0.2, -0.15) is 0 Å². The second-order valence-corrected chi connectivity index (χ2v) is 9.03. The molecule has 1 atom stereocenters. The number of nitrogens with zero attached hydrogens (tertiary/aromatic N) is 1. The van der Waals surface area contributed by atoms with Crippen molar-refractivity contribution < 1.29 is 13.2 Å². The maximum Gasteiger partial charge on any atom is 0.230 e. The molecule has 7 heteroatoms. The van der Waals surface area contributed by atoms with Crippen molar-refractivity contribution in [1.82, 2.24) is 4.98 Å².